The van der Waals surface area contributed by atoms with Gasteiger partial charge in [-0.05, 0) is 45.6 Å². The van der Waals surface area contributed by atoms with Crippen LogP contribution in [0.4, 0.5) is 0 Å². The van der Waals surface area contributed by atoms with Gasteiger partial charge < -0.3 is 15.3 Å². The van der Waals surface area contributed by atoms with Gasteiger partial charge in [0.1, 0.15) is 0 Å². The van der Waals surface area contributed by atoms with Crippen molar-refractivity contribution in [3.63, 3.8) is 0 Å². The Balaban J connectivity index is 0.00000200. The van der Waals surface area contributed by atoms with E-state index in [0.29, 0.717) is 18.9 Å². The van der Waals surface area contributed by atoms with Crippen molar-refractivity contribution in [1.82, 2.24) is 10.2 Å². The Labute approximate surface area is 126 Å². The van der Waals surface area contributed by atoms with Crippen LogP contribution in [0.3, 0.4) is 0 Å². The van der Waals surface area contributed by atoms with Crippen LogP contribution in [0.15, 0.2) is 0 Å². The summed E-state index contributed by atoms with van der Waals surface area (Å²) >= 11 is 0. The van der Waals surface area contributed by atoms with Gasteiger partial charge in [0.15, 0.2) is 0 Å². The first-order valence-electron chi connectivity index (χ1n) is 7.30. The van der Waals surface area contributed by atoms with E-state index in [0.717, 1.165) is 38.8 Å². The molecule has 20 heavy (non-hydrogen) atoms. The van der Waals surface area contributed by atoms with Gasteiger partial charge in [-0.3, -0.25) is 9.59 Å². The number of carbonyl (C=O) groups excluding carboxylic acids is 1. The van der Waals surface area contributed by atoms with Crippen LogP contribution in [-0.4, -0.2) is 48.1 Å². The number of piperidine rings is 1. The first-order valence-corrected chi connectivity index (χ1v) is 7.30. The summed E-state index contributed by atoms with van der Waals surface area (Å²) in [6.07, 6.45) is 4.82. The summed E-state index contributed by atoms with van der Waals surface area (Å²) in [7, 11) is 1.97. The van der Waals surface area contributed by atoms with Crippen molar-refractivity contribution in [1.29, 1.82) is 0 Å². The third-order valence-corrected chi connectivity index (χ3v) is 4.64. The number of halogens is 1. The van der Waals surface area contributed by atoms with Crippen LogP contribution in [0.1, 0.15) is 38.5 Å². The van der Waals surface area contributed by atoms with Crippen molar-refractivity contribution in [3.05, 3.63) is 0 Å². The Kier molecular flexibility index (Phi) is 6.76. The third-order valence-electron chi connectivity index (χ3n) is 4.64. The Morgan fingerprint density at radius 1 is 1.00 bits per heavy atom. The number of hydrogen-bond acceptors (Lipinski definition) is 3. The average Bonchev–Trinajstić information content (AvgIpc) is 2.46. The number of amides is 1. The predicted molar refractivity (Wildman–Crippen MR) is 79.0 cm³/mol. The zero-order chi connectivity index (χ0) is 13.8. The molecule has 1 saturated carbocycles. The zero-order valence-corrected chi connectivity index (χ0v) is 12.8. The maximum Gasteiger partial charge on any atom is 0.306 e. The number of carboxylic acids is 1. The third kappa shape index (κ3) is 4.09. The van der Waals surface area contributed by atoms with Crippen molar-refractivity contribution >= 4 is 24.3 Å². The van der Waals surface area contributed by atoms with Crippen molar-refractivity contribution < 1.29 is 14.7 Å². The molecule has 0 aromatic carbocycles. The summed E-state index contributed by atoms with van der Waals surface area (Å²) in [4.78, 5) is 25.3. The van der Waals surface area contributed by atoms with Crippen LogP contribution < -0.4 is 5.32 Å². The standard InChI is InChI=1S/C14H24N2O3.ClH/c1-15-12-6-8-16(9-7-12)13(17)10-2-4-11(5-3-10)14(18)19;/h10-12,15H,2-9H2,1H3,(H,18,19);1H. The Hall–Kier alpha value is -0.810. The van der Waals surface area contributed by atoms with E-state index in [-0.39, 0.29) is 30.2 Å². The number of nitrogens with zero attached hydrogens (tertiary/aromatic N) is 1. The van der Waals surface area contributed by atoms with E-state index >= 15 is 0 Å². The van der Waals surface area contributed by atoms with Gasteiger partial charge >= 0.3 is 5.97 Å². The van der Waals surface area contributed by atoms with Crippen LogP contribution in [0.5, 0.6) is 0 Å². The molecule has 1 aliphatic heterocycles. The van der Waals surface area contributed by atoms with E-state index < -0.39 is 5.97 Å². The number of aliphatic carboxylic acids is 1. The molecule has 2 aliphatic rings. The number of hydrogen-bond donors (Lipinski definition) is 2. The number of rotatable bonds is 3. The molecule has 0 aromatic rings. The fraction of sp³-hybridized carbons (Fsp3) is 0.857. The molecule has 1 saturated heterocycles. The van der Waals surface area contributed by atoms with Gasteiger partial charge in [-0.1, -0.05) is 0 Å². The molecular formula is C14H25ClN2O3. The minimum atomic E-state index is -0.708. The lowest BCUT2D eigenvalue weighted by Gasteiger charge is -2.35. The van der Waals surface area contributed by atoms with Gasteiger partial charge in [-0.15, -0.1) is 12.4 Å². The quantitative estimate of drug-likeness (QED) is 0.829. The summed E-state index contributed by atoms with van der Waals surface area (Å²) in [5.41, 5.74) is 0. The topological polar surface area (TPSA) is 69.6 Å². The number of likely N-dealkylation sites (tertiary alicyclic amines) is 1. The second kappa shape index (κ2) is 7.84. The molecule has 1 amide bonds. The van der Waals surface area contributed by atoms with E-state index in [1.54, 1.807) is 0 Å². The molecule has 5 nitrogen and oxygen atoms in total. The predicted octanol–water partition coefficient (Wildman–Crippen LogP) is 1.51. The summed E-state index contributed by atoms with van der Waals surface area (Å²) in [6.45, 7) is 1.67. The average molecular weight is 305 g/mol. The fourth-order valence-electron chi connectivity index (χ4n) is 3.23. The second-order valence-corrected chi connectivity index (χ2v) is 5.78. The molecule has 0 spiro atoms. The zero-order valence-electron chi connectivity index (χ0n) is 12.0. The minimum absolute atomic E-state index is 0. The molecule has 116 valence electrons. The van der Waals surface area contributed by atoms with E-state index in [9.17, 15) is 9.59 Å². The van der Waals surface area contributed by atoms with Crippen molar-refractivity contribution in [2.45, 2.75) is 44.6 Å². The number of nitrogens with one attached hydrogen (secondary N) is 1. The highest BCUT2D eigenvalue weighted by Crippen LogP contribution is 2.30. The Bertz CT molecular complexity index is 335. The molecule has 2 fully saturated rings. The molecule has 2 N–H and O–H groups in total. The van der Waals surface area contributed by atoms with Gasteiger partial charge in [0.2, 0.25) is 5.91 Å². The molecule has 2 rings (SSSR count). The van der Waals surface area contributed by atoms with E-state index in [2.05, 4.69) is 5.32 Å². The van der Waals surface area contributed by atoms with Crippen LogP contribution in [0, 0.1) is 11.8 Å². The van der Waals surface area contributed by atoms with E-state index in [1.807, 2.05) is 11.9 Å². The lowest BCUT2D eigenvalue weighted by Crippen LogP contribution is -2.46. The number of carbonyl (C=O) groups is 2. The fourth-order valence-corrected chi connectivity index (χ4v) is 3.23. The first kappa shape index (κ1) is 17.2. The molecule has 6 heteroatoms. The van der Waals surface area contributed by atoms with E-state index in [4.69, 9.17) is 5.11 Å². The van der Waals surface area contributed by atoms with Crippen LogP contribution in [0.2, 0.25) is 0 Å². The molecular weight excluding hydrogens is 280 g/mol. The summed E-state index contributed by atoms with van der Waals surface area (Å²) in [5.74, 6) is -0.639. The Morgan fingerprint density at radius 2 is 1.50 bits per heavy atom. The summed E-state index contributed by atoms with van der Waals surface area (Å²) < 4.78 is 0. The lowest BCUT2D eigenvalue weighted by atomic mass is 9.81. The van der Waals surface area contributed by atoms with Gasteiger partial charge in [-0.25, -0.2) is 0 Å². The largest absolute Gasteiger partial charge is 0.481 e. The molecule has 1 heterocycles. The smallest absolute Gasteiger partial charge is 0.306 e. The maximum absolute atomic E-state index is 12.4. The number of carboxylic acid groups (broad SMARTS) is 1. The molecule has 0 radical (unpaired) electrons. The van der Waals surface area contributed by atoms with Crippen LogP contribution >= 0.6 is 12.4 Å². The normalized spacial score (nSPS) is 27.8. The van der Waals surface area contributed by atoms with Gasteiger partial charge in [0, 0.05) is 25.0 Å². The van der Waals surface area contributed by atoms with Crippen molar-refractivity contribution in [2.75, 3.05) is 20.1 Å². The lowest BCUT2D eigenvalue weighted by molar-refractivity contribution is -0.146. The molecule has 0 atom stereocenters. The van der Waals surface area contributed by atoms with Crippen LogP contribution in [0.25, 0.3) is 0 Å². The molecule has 0 unspecified atom stereocenters. The van der Waals surface area contributed by atoms with Crippen molar-refractivity contribution in [2.24, 2.45) is 11.8 Å². The first-order chi connectivity index (χ1) is 9.11. The van der Waals surface area contributed by atoms with E-state index in [1.165, 1.54) is 0 Å². The van der Waals surface area contributed by atoms with Crippen molar-refractivity contribution in [3.8, 4) is 0 Å². The maximum atomic E-state index is 12.4. The van der Waals surface area contributed by atoms with Gasteiger partial charge in [0.05, 0.1) is 5.92 Å². The summed E-state index contributed by atoms with van der Waals surface area (Å²) in [5, 5.41) is 12.2. The second-order valence-electron chi connectivity index (χ2n) is 5.78. The molecule has 0 bridgehead atoms. The van der Waals surface area contributed by atoms with Crippen LogP contribution in [-0.2, 0) is 9.59 Å². The monoisotopic (exact) mass is 304 g/mol. The molecule has 1 aliphatic carbocycles. The highest BCUT2D eigenvalue weighted by Gasteiger charge is 2.33. The highest BCUT2D eigenvalue weighted by atomic mass is 35.5. The Morgan fingerprint density at radius 3 is 1.95 bits per heavy atom. The SMILES string of the molecule is CNC1CCN(C(=O)C2CCC(C(=O)O)CC2)CC1.Cl. The summed E-state index contributed by atoms with van der Waals surface area (Å²) in [6, 6.07) is 0.534. The van der Waals surface area contributed by atoms with Gasteiger partial charge in [0.25, 0.3) is 0 Å². The minimum Gasteiger partial charge on any atom is -0.481 e. The molecule has 0 aromatic heterocycles. The highest BCUT2D eigenvalue weighted by molar-refractivity contribution is 5.85. The van der Waals surface area contributed by atoms with Gasteiger partial charge in [-0.2, -0.15) is 0 Å².